The van der Waals surface area contributed by atoms with Crippen molar-refractivity contribution in [1.29, 1.82) is 0 Å². The average molecular weight is 607 g/mol. The second kappa shape index (κ2) is 25.2. The van der Waals surface area contributed by atoms with Crippen molar-refractivity contribution in [3.63, 3.8) is 0 Å². The van der Waals surface area contributed by atoms with E-state index < -0.39 is 22.8 Å². The molecule has 3 atom stereocenters. The van der Waals surface area contributed by atoms with E-state index >= 15 is 0 Å². The molecule has 0 aromatic heterocycles. The van der Waals surface area contributed by atoms with Crippen LogP contribution in [0.4, 0.5) is 0 Å². The molecule has 0 heterocycles. The average Bonchev–Trinajstić information content (AvgIpc) is 2.98. The van der Waals surface area contributed by atoms with Crippen LogP contribution >= 0.6 is 0 Å². The van der Waals surface area contributed by atoms with Gasteiger partial charge in [0.05, 0.1) is 10.8 Å². The number of carbonyl (C=O) groups is 2. The third-order valence-corrected chi connectivity index (χ3v) is 11.1. The van der Waals surface area contributed by atoms with Gasteiger partial charge in [0, 0.05) is 0 Å². The molecule has 0 radical (unpaired) electrons. The number of carboxylic acid groups (broad SMARTS) is 2. The molecule has 1 aliphatic carbocycles. The van der Waals surface area contributed by atoms with Gasteiger partial charge in [-0.3, -0.25) is 9.59 Å². The Morgan fingerprint density at radius 3 is 1.16 bits per heavy atom. The van der Waals surface area contributed by atoms with Gasteiger partial charge in [0.15, 0.2) is 0 Å². The first-order valence-corrected chi connectivity index (χ1v) is 19.4. The van der Waals surface area contributed by atoms with Crippen molar-refractivity contribution in [2.75, 3.05) is 0 Å². The SMILES string of the molecule is CCCCCCCCCCCCCCCC1(C(=O)O)CCCC(C)C1(CCCCCCCCCCCCCCC)C(=O)O. The zero-order chi connectivity index (χ0) is 31.7. The summed E-state index contributed by atoms with van der Waals surface area (Å²) in [6.07, 6.45) is 35.9. The topological polar surface area (TPSA) is 74.6 Å². The van der Waals surface area contributed by atoms with Crippen LogP contribution in [0.2, 0.25) is 0 Å². The molecule has 1 aliphatic rings. The van der Waals surface area contributed by atoms with Crippen LogP contribution in [0.1, 0.15) is 220 Å². The normalized spacial score (nSPS) is 22.2. The first kappa shape index (κ1) is 40.0. The zero-order valence-electron chi connectivity index (χ0n) is 29.2. The lowest BCUT2D eigenvalue weighted by Gasteiger charge is -2.52. The molecule has 1 saturated carbocycles. The van der Waals surface area contributed by atoms with Gasteiger partial charge in [0.25, 0.3) is 0 Å². The third kappa shape index (κ3) is 14.7. The molecule has 0 aromatic rings. The van der Waals surface area contributed by atoms with Gasteiger partial charge in [-0.1, -0.05) is 194 Å². The largest absolute Gasteiger partial charge is 0.481 e. The molecule has 3 unspecified atom stereocenters. The molecule has 0 aromatic carbocycles. The van der Waals surface area contributed by atoms with Gasteiger partial charge in [-0.25, -0.2) is 0 Å². The predicted octanol–water partition coefficient (Wildman–Crippen LogP) is 12.9. The lowest BCUT2D eigenvalue weighted by atomic mass is 9.48. The van der Waals surface area contributed by atoms with E-state index in [1.54, 1.807) is 0 Å². The van der Waals surface area contributed by atoms with Crippen molar-refractivity contribution in [2.45, 2.75) is 220 Å². The highest BCUT2D eigenvalue weighted by Crippen LogP contribution is 2.59. The van der Waals surface area contributed by atoms with Gasteiger partial charge in [0.2, 0.25) is 0 Å². The van der Waals surface area contributed by atoms with E-state index in [0.29, 0.717) is 19.3 Å². The third-order valence-electron chi connectivity index (χ3n) is 11.1. The maximum Gasteiger partial charge on any atom is 0.311 e. The summed E-state index contributed by atoms with van der Waals surface area (Å²) in [6.45, 7) is 6.55. The van der Waals surface area contributed by atoms with Crippen molar-refractivity contribution in [3.05, 3.63) is 0 Å². The molecule has 0 amide bonds. The fourth-order valence-corrected chi connectivity index (χ4v) is 8.28. The minimum atomic E-state index is -1.13. The van der Waals surface area contributed by atoms with Gasteiger partial charge >= 0.3 is 11.9 Å². The summed E-state index contributed by atoms with van der Waals surface area (Å²) in [5.74, 6) is -1.79. The van der Waals surface area contributed by atoms with Crippen LogP contribution in [-0.2, 0) is 9.59 Å². The van der Waals surface area contributed by atoms with Gasteiger partial charge in [-0.15, -0.1) is 0 Å². The van der Waals surface area contributed by atoms with Crippen molar-refractivity contribution in [1.82, 2.24) is 0 Å². The van der Waals surface area contributed by atoms with Crippen LogP contribution in [0.5, 0.6) is 0 Å². The Labute approximate surface area is 268 Å². The molecule has 1 fully saturated rings. The minimum Gasteiger partial charge on any atom is -0.481 e. The Balaban J connectivity index is 2.44. The summed E-state index contributed by atoms with van der Waals surface area (Å²) in [7, 11) is 0. The van der Waals surface area contributed by atoms with Gasteiger partial charge in [0.1, 0.15) is 0 Å². The Morgan fingerprint density at radius 1 is 0.512 bits per heavy atom. The number of hydrogen-bond acceptors (Lipinski definition) is 2. The van der Waals surface area contributed by atoms with Crippen LogP contribution in [-0.4, -0.2) is 22.2 Å². The molecular weight excluding hydrogens is 532 g/mol. The number of unbranched alkanes of at least 4 members (excludes halogenated alkanes) is 24. The van der Waals surface area contributed by atoms with Crippen molar-refractivity contribution >= 4 is 11.9 Å². The monoisotopic (exact) mass is 607 g/mol. The van der Waals surface area contributed by atoms with Crippen LogP contribution < -0.4 is 0 Å². The molecule has 0 bridgehead atoms. The van der Waals surface area contributed by atoms with E-state index in [4.69, 9.17) is 0 Å². The Bertz CT molecular complexity index is 691. The van der Waals surface area contributed by atoms with E-state index in [9.17, 15) is 19.8 Å². The fourth-order valence-electron chi connectivity index (χ4n) is 8.28. The zero-order valence-corrected chi connectivity index (χ0v) is 29.2. The molecule has 254 valence electrons. The highest BCUT2D eigenvalue weighted by Gasteiger charge is 2.64. The number of aliphatic carboxylic acids is 2. The lowest BCUT2D eigenvalue weighted by Crippen LogP contribution is -2.58. The molecule has 2 N–H and O–H groups in total. The summed E-state index contributed by atoms with van der Waals surface area (Å²) in [6, 6.07) is 0. The lowest BCUT2D eigenvalue weighted by molar-refractivity contribution is -0.189. The molecule has 4 heteroatoms. The van der Waals surface area contributed by atoms with Crippen LogP contribution in [0.3, 0.4) is 0 Å². The maximum atomic E-state index is 13.0. The summed E-state index contributed by atoms with van der Waals surface area (Å²) in [4.78, 5) is 26.0. The van der Waals surface area contributed by atoms with Crippen LogP contribution in [0.25, 0.3) is 0 Å². The highest BCUT2D eigenvalue weighted by molar-refractivity contribution is 5.87. The molecule has 0 spiro atoms. The summed E-state index contributed by atoms with van der Waals surface area (Å²) in [5, 5.41) is 21.3. The van der Waals surface area contributed by atoms with Gasteiger partial charge in [-0.2, -0.15) is 0 Å². The second-order valence-electron chi connectivity index (χ2n) is 14.4. The predicted molar refractivity (Wildman–Crippen MR) is 184 cm³/mol. The van der Waals surface area contributed by atoms with Crippen molar-refractivity contribution < 1.29 is 19.8 Å². The van der Waals surface area contributed by atoms with Crippen molar-refractivity contribution in [3.8, 4) is 0 Å². The highest BCUT2D eigenvalue weighted by atomic mass is 16.4. The van der Waals surface area contributed by atoms with E-state index in [2.05, 4.69) is 13.8 Å². The maximum absolute atomic E-state index is 13.0. The second-order valence-corrected chi connectivity index (χ2v) is 14.4. The first-order chi connectivity index (χ1) is 20.9. The molecule has 1 rings (SSSR count). The first-order valence-electron chi connectivity index (χ1n) is 19.4. The van der Waals surface area contributed by atoms with Gasteiger partial charge in [-0.05, 0) is 31.6 Å². The number of hydrogen-bond donors (Lipinski definition) is 2. The fraction of sp³-hybridized carbons (Fsp3) is 0.949. The molecular formula is C39H74O4. The standard InChI is InChI=1S/C39H74O4/c1-4-6-8-10-12-14-16-18-20-22-24-26-28-32-38(36(40)41)33-30-31-35(3)39(38,37(42)43)34-29-27-25-23-21-19-17-15-13-11-9-7-5-2/h35H,4-34H2,1-3H3,(H,40,41)(H,42,43). The smallest absolute Gasteiger partial charge is 0.311 e. The molecule has 4 nitrogen and oxygen atoms in total. The van der Waals surface area contributed by atoms with Gasteiger partial charge < -0.3 is 10.2 Å². The molecule has 0 aliphatic heterocycles. The van der Waals surface area contributed by atoms with Crippen LogP contribution in [0, 0.1) is 16.7 Å². The molecule has 43 heavy (non-hydrogen) atoms. The van der Waals surface area contributed by atoms with E-state index in [1.165, 1.54) is 128 Å². The van der Waals surface area contributed by atoms with E-state index in [1.807, 2.05) is 6.92 Å². The Kier molecular flexibility index (Phi) is 23.4. The minimum absolute atomic E-state index is 0.0888. The summed E-state index contributed by atoms with van der Waals surface area (Å²) in [5.41, 5.74) is -2.25. The summed E-state index contributed by atoms with van der Waals surface area (Å²) < 4.78 is 0. The van der Waals surface area contributed by atoms with Crippen LogP contribution in [0.15, 0.2) is 0 Å². The summed E-state index contributed by atoms with van der Waals surface area (Å²) >= 11 is 0. The number of rotatable bonds is 30. The molecule has 0 saturated heterocycles. The van der Waals surface area contributed by atoms with Crippen molar-refractivity contribution in [2.24, 2.45) is 16.7 Å². The Morgan fingerprint density at radius 2 is 0.837 bits per heavy atom. The van der Waals surface area contributed by atoms with E-state index in [0.717, 1.165) is 51.4 Å². The Hall–Kier alpha value is -1.06. The number of carboxylic acids is 2. The van der Waals surface area contributed by atoms with E-state index in [-0.39, 0.29) is 5.92 Å². The quantitative estimate of drug-likeness (QED) is 0.0797.